The highest BCUT2D eigenvalue weighted by Crippen LogP contribution is 2.31. The fraction of sp³-hybridized carbons (Fsp3) is 0.429. The van der Waals surface area contributed by atoms with Crippen LogP contribution in [0.3, 0.4) is 0 Å². The summed E-state index contributed by atoms with van der Waals surface area (Å²) in [5, 5.41) is 11.0. The Labute approximate surface area is 228 Å². The number of likely N-dealkylation sites (N-methyl/N-ethyl adjacent to an activating group) is 1. The Morgan fingerprint density at radius 3 is 2.47 bits per heavy atom. The molecule has 4 rings (SSSR count). The normalized spacial score (nSPS) is 13.0. The average Bonchev–Trinajstić information content (AvgIpc) is 3.52. The van der Waals surface area contributed by atoms with Gasteiger partial charge in [0.15, 0.2) is 0 Å². The third kappa shape index (κ3) is 6.90. The molecule has 0 saturated carbocycles. The van der Waals surface area contributed by atoms with Gasteiger partial charge >= 0.3 is 0 Å². The number of hydrogen-bond acceptors (Lipinski definition) is 7. The van der Waals surface area contributed by atoms with Crippen LogP contribution in [-0.4, -0.2) is 58.7 Å². The number of aryl methyl sites for hydroxylation is 1. The summed E-state index contributed by atoms with van der Waals surface area (Å²) >= 11 is 6.61. The molecule has 0 radical (unpaired) electrons. The second-order valence-electron chi connectivity index (χ2n) is 10.1. The molecule has 1 aromatic heterocycles. The maximum Gasteiger partial charge on any atom is 0.256 e. The van der Waals surface area contributed by atoms with Crippen LogP contribution in [0.15, 0.2) is 47.0 Å². The second kappa shape index (κ2) is 12.4. The van der Waals surface area contributed by atoms with Crippen LogP contribution < -0.4 is 10.2 Å². The van der Waals surface area contributed by atoms with E-state index in [-0.39, 0.29) is 24.9 Å². The van der Waals surface area contributed by atoms with Crippen molar-refractivity contribution in [3.63, 3.8) is 0 Å². The van der Waals surface area contributed by atoms with E-state index in [9.17, 15) is 9.59 Å². The minimum atomic E-state index is -0.172. The van der Waals surface area contributed by atoms with Crippen molar-refractivity contribution in [1.29, 1.82) is 0 Å². The van der Waals surface area contributed by atoms with Crippen LogP contribution >= 0.6 is 11.6 Å². The largest absolute Gasteiger partial charge is 0.355 e. The molecule has 202 valence electrons. The van der Waals surface area contributed by atoms with Crippen LogP contribution in [0.25, 0.3) is 11.4 Å². The molecule has 0 bridgehead atoms. The lowest BCUT2D eigenvalue weighted by Crippen LogP contribution is -2.48. The van der Waals surface area contributed by atoms with Crippen LogP contribution in [0.4, 0.5) is 5.69 Å². The Balaban J connectivity index is 1.52. The average molecular weight is 539 g/mol. The Hall–Kier alpha value is -3.43. The van der Waals surface area contributed by atoms with Gasteiger partial charge in [-0.25, -0.2) is 5.01 Å². The van der Waals surface area contributed by atoms with Gasteiger partial charge in [0.1, 0.15) is 0 Å². The van der Waals surface area contributed by atoms with Gasteiger partial charge in [-0.3, -0.25) is 14.6 Å². The molecular formula is C28H35ClN6O3. The summed E-state index contributed by atoms with van der Waals surface area (Å²) in [6, 6.07) is 13.5. The molecule has 38 heavy (non-hydrogen) atoms. The van der Waals surface area contributed by atoms with Crippen LogP contribution in [0, 0.1) is 12.8 Å². The number of rotatable bonds is 11. The number of fused-ring (bicyclic) bond motifs is 1. The topological polar surface area (TPSA) is 94.8 Å². The molecule has 1 aliphatic rings. The number of nitrogens with one attached hydrogen (secondary N) is 1. The zero-order valence-corrected chi connectivity index (χ0v) is 23.2. The minimum absolute atomic E-state index is 0.0179. The monoisotopic (exact) mass is 538 g/mol. The molecule has 2 aromatic carbocycles. The molecule has 2 amide bonds. The first-order valence-electron chi connectivity index (χ1n) is 12.9. The highest BCUT2D eigenvalue weighted by Gasteiger charge is 2.27. The molecule has 10 heteroatoms. The summed E-state index contributed by atoms with van der Waals surface area (Å²) in [7, 11) is 1.76. The quantitative estimate of drug-likeness (QED) is 0.360. The van der Waals surface area contributed by atoms with E-state index in [1.807, 2.05) is 17.1 Å². The lowest BCUT2D eigenvalue weighted by molar-refractivity contribution is -0.145. The third-order valence-corrected chi connectivity index (χ3v) is 6.94. The van der Waals surface area contributed by atoms with Gasteiger partial charge in [-0.05, 0) is 48.1 Å². The third-order valence-electron chi connectivity index (χ3n) is 6.62. The number of carbonyl (C=O) groups is 2. The Bertz CT molecular complexity index is 1250. The maximum atomic E-state index is 13.5. The Kier molecular flexibility index (Phi) is 9.01. The van der Waals surface area contributed by atoms with Gasteiger partial charge in [-0.2, -0.15) is 4.98 Å². The van der Waals surface area contributed by atoms with Gasteiger partial charge in [-0.1, -0.05) is 54.9 Å². The van der Waals surface area contributed by atoms with Crippen molar-refractivity contribution in [3.05, 3.63) is 64.5 Å². The zero-order chi connectivity index (χ0) is 27.2. The van der Waals surface area contributed by atoms with Crippen LogP contribution in [-0.2, 0) is 22.7 Å². The zero-order valence-electron chi connectivity index (χ0n) is 22.4. The van der Waals surface area contributed by atoms with E-state index in [2.05, 4.69) is 41.4 Å². The van der Waals surface area contributed by atoms with E-state index >= 15 is 0 Å². The fourth-order valence-electron chi connectivity index (χ4n) is 4.45. The molecule has 1 N–H and O–H groups in total. The SMILES string of the molecule is Cc1nc(-c2ccc(Cl)c(N(CC(=O)NCCCC(C)C)CC(=O)N(C)N3Cc4ccccc4C3)c2)no1. The lowest BCUT2D eigenvalue weighted by atomic mass is 10.1. The molecule has 9 nitrogen and oxygen atoms in total. The summed E-state index contributed by atoms with van der Waals surface area (Å²) in [6.07, 6.45) is 1.93. The number of halogens is 1. The predicted octanol–water partition coefficient (Wildman–Crippen LogP) is 4.45. The first-order chi connectivity index (χ1) is 18.2. The summed E-state index contributed by atoms with van der Waals surface area (Å²) in [4.78, 5) is 32.4. The maximum absolute atomic E-state index is 13.5. The first kappa shape index (κ1) is 27.6. The molecule has 1 aliphatic heterocycles. The van der Waals surface area contributed by atoms with E-state index in [4.69, 9.17) is 16.1 Å². The van der Waals surface area contributed by atoms with Gasteiger partial charge < -0.3 is 14.7 Å². The Morgan fingerprint density at radius 1 is 1.13 bits per heavy atom. The van der Waals surface area contributed by atoms with Crippen LogP contribution in [0.2, 0.25) is 5.02 Å². The summed E-state index contributed by atoms with van der Waals surface area (Å²) in [6.45, 7) is 7.88. The number of hydrogen-bond donors (Lipinski definition) is 1. The summed E-state index contributed by atoms with van der Waals surface area (Å²) in [5.74, 6) is 1.11. The van der Waals surface area contributed by atoms with E-state index in [0.29, 0.717) is 53.5 Å². The van der Waals surface area contributed by atoms with Crippen molar-refractivity contribution >= 4 is 29.1 Å². The summed E-state index contributed by atoms with van der Waals surface area (Å²) < 4.78 is 5.13. The molecule has 0 unspecified atom stereocenters. The van der Waals surface area contributed by atoms with Crippen molar-refractivity contribution in [2.75, 3.05) is 31.6 Å². The van der Waals surface area contributed by atoms with E-state index in [0.717, 1.165) is 12.8 Å². The molecule has 2 heterocycles. The van der Waals surface area contributed by atoms with Gasteiger partial charge in [0.2, 0.25) is 17.6 Å². The number of nitrogens with zero attached hydrogens (tertiary/aromatic N) is 5. The standard InChI is InChI=1S/C28H35ClN6O3/c1-19(2)8-7-13-30-26(36)17-34(25-14-21(11-12-24(25)29)28-31-20(3)38-32-28)18-27(37)33(4)35-15-22-9-5-6-10-23(22)16-35/h5-6,9-12,14,19H,7-8,13,15-18H2,1-4H3,(H,30,36). The van der Waals surface area contributed by atoms with Crippen molar-refractivity contribution in [2.45, 2.75) is 46.7 Å². The molecule has 0 fully saturated rings. The van der Waals surface area contributed by atoms with E-state index < -0.39 is 0 Å². The Morgan fingerprint density at radius 2 is 1.84 bits per heavy atom. The predicted molar refractivity (Wildman–Crippen MR) is 147 cm³/mol. The number of benzene rings is 2. The van der Waals surface area contributed by atoms with Crippen molar-refractivity contribution in [1.82, 2.24) is 25.5 Å². The molecule has 0 aliphatic carbocycles. The van der Waals surface area contributed by atoms with Crippen molar-refractivity contribution in [3.8, 4) is 11.4 Å². The molecule has 3 aromatic rings. The van der Waals surface area contributed by atoms with Crippen LogP contribution in [0.5, 0.6) is 0 Å². The number of carbonyl (C=O) groups excluding carboxylic acids is 2. The summed E-state index contributed by atoms with van der Waals surface area (Å²) in [5.41, 5.74) is 3.64. The lowest BCUT2D eigenvalue weighted by Gasteiger charge is -2.31. The number of anilines is 1. The van der Waals surface area contributed by atoms with E-state index in [1.54, 1.807) is 42.1 Å². The molecule has 0 spiro atoms. The number of amides is 2. The molecular weight excluding hydrogens is 504 g/mol. The van der Waals surface area contributed by atoms with Crippen LogP contribution in [0.1, 0.15) is 43.7 Å². The van der Waals surface area contributed by atoms with Gasteiger partial charge in [0.05, 0.1) is 23.8 Å². The smallest absolute Gasteiger partial charge is 0.256 e. The first-order valence-corrected chi connectivity index (χ1v) is 13.3. The van der Waals surface area contributed by atoms with Crippen molar-refractivity contribution in [2.24, 2.45) is 5.92 Å². The number of aromatic nitrogens is 2. The van der Waals surface area contributed by atoms with Gasteiger partial charge in [0, 0.05) is 39.2 Å². The van der Waals surface area contributed by atoms with Gasteiger partial charge in [0.25, 0.3) is 5.91 Å². The number of hydrazine groups is 1. The minimum Gasteiger partial charge on any atom is -0.355 e. The fourth-order valence-corrected chi connectivity index (χ4v) is 4.69. The van der Waals surface area contributed by atoms with Gasteiger partial charge in [-0.15, -0.1) is 0 Å². The van der Waals surface area contributed by atoms with E-state index in [1.165, 1.54) is 11.1 Å². The van der Waals surface area contributed by atoms with Crippen molar-refractivity contribution < 1.29 is 14.1 Å². The molecule has 0 atom stereocenters. The highest BCUT2D eigenvalue weighted by atomic mass is 35.5. The molecule has 0 saturated heterocycles. The highest BCUT2D eigenvalue weighted by molar-refractivity contribution is 6.33. The second-order valence-corrected chi connectivity index (χ2v) is 10.5.